The SMILES string of the molecule is CC.CCCn1nc2c(N)nc3ccccc3c2c1CC(C)N. The normalized spacial score (nSPS) is 12.2. The monoisotopic (exact) mass is 313 g/mol. The summed E-state index contributed by atoms with van der Waals surface area (Å²) in [4.78, 5) is 4.47. The lowest BCUT2D eigenvalue weighted by atomic mass is 10.0. The van der Waals surface area contributed by atoms with Crippen LogP contribution in [0.25, 0.3) is 21.8 Å². The van der Waals surface area contributed by atoms with Crippen LogP contribution < -0.4 is 11.5 Å². The second kappa shape index (κ2) is 7.42. The van der Waals surface area contributed by atoms with Crippen LogP contribution in [0.1, 0.15) is 39.8 Å². The number of fused-ring (bicyclic) bond motifs is 3. The molecule has 23 heavy (non-hydrogen) atoms. The van der Waals surface area contributed by atoms with Crippen LogP contribution in [0, 0.1) is 0 Å². The molecule has 2 heterocycles. The molecule has 124 valence electrons. The van der Waals surface area contributed by atoms with Crippen LogP contribution in [0.4, 0.5) is 5.82 Å². The minimum absolute atomic E-state index is 0.0775. The number of rotatable bonds is 4. The Bertz CT molecular complexity index is 789. The Morgan fingerprint density at radius 1 is 1.22 bits per heavy atom. The smallest absolute Gasteiger partial charge is 0.152 e. The average molecular weight is 313 g/mol. The number of hydrogen-bond donors (Lipinski definition) is 2. The van der Waals surface area contributed by atoms with E-state index >= 15 is 0 Å². The zero-order chi connectivity index (χ0) is 17.0. The van der Waals surface area contributed by atoms with E-state index < -0.39 is 0 Å². The Balaban J connectivity index is 0.000000924. The third kappa shape index (κ3) is 3.29. The number of aromatic nitrogens is 3. The van der Waals surface area contributed by atoms with Gasteiger partial charge in [-0.25, -0.2) is 4.98 Å². The van der Waals surface area contributed by atoms with Gasteiger partial charge in [0, 0.05) is 35.5 Å². The predicted octanol–water partition coefficient (Wildman–Crippen LogP) is 3.49. The van der Waals surface area contributed by atoms with Crippen molar-refractivity contribution in [2.75, 3.05) is 5.73 Å². The molecule has 4 N–H and O–H groups in total. The molecular weight excluding hydrogens is 286 g/mol. The molecular formula is C18H27N5. The Morgan fingerprint density at radius 3 is 2.57 bits per heavy atom. The molecule has 0 saturated heterocycles. The molecule has 5 heteroatoms. The molecule has 3 aromatic rings. The fourth-order valence-corrected chi connectivity index (χ4v) is 2.83. The van der Waals surface area contributed by atoms with Gasteiger partial charge in [0.1, 0.15) is 5.52 Å². The summed E-state index contributed by atoms with van der Waals surface area (Å²) in [6, 6.07) is 8.13. The molecule has 1 unspecified atom stereocenters. The van der Waals surface area contributed by atoms with E-state index in [1.54, 1.807) is 0 Å². The highest BCUT2D eigenvalue weighted by Crippen LogP contribution is 2.30. The maximum Gasteiger partial charge on any atom is 0.152 e. The van der Waals surface area contributed by atoms with E-state index in [2.05, 4.69) is 23.1 Å². The first-order valence-corrected chi connectivity index (χ1v) is 8.41. The maximum atomic E-state index is 6.11. The molecule has 5 nitrogen and oxygen atoms in total. The first-order valence-electron chi connectivity index (χ1n) is 8.41. The molecule has 0 aliphatic heterocycles. The highest BCUT2D eigenvalue weighted by molar-refractivity contribution is 6.09. The number of benzene rings is 1. The lowest BCUT2D eigenvalue weighted by molar-refractivity contribution is 0.563. The van der Waals surface area contributed by atoms with Crippen LogP contribution in [0.2, 0.25) is 0 Å². The summed E-state index contributed by atoms with van der Waals surface area (Å²) in [5.41, 5.74) is 15.0. The van der Waals surface area contributed by atoms with Gasteiger partial charge in [0.2, 0.25) is 0 Å². The van der Waals surface area contributed by atoms with Crippen molar-refractivity contribution in [3.8, 4) is 0 Å². The van der Waals surface area contributed by atoms with Crippen LogP contribution in [0.15, 0.2) is 24.3 Å². The van der Waals surface area contributed by atoms with Gasteiger partial charge in [-0.15, -0.1) is 0 Å². The molecule has 0 amide bonds. The van der Waals surface area contributed by atoms with Crippen molar-refractivity contribution in [3.05, 3.63) is 30.0 Å². The van der Waals surface area contributed by atoms with E-state index in [0.717, 1.165) is 46.9 Å². The molecule has 0 aliphatic carbocycles. The van der Waals surface area contributed by atoms with Gasteiger partial charge in [-0.05, 0) is 19.4 Å². The van der Waals surface area contributed by atoms with Crippen molar-refractivity contribution in [2.45, 2.75) is 53.1 Å². The summed E-state index contributed by atoms with van der Waals surface area (Å²) in [7, 11) is 0. The van der Waals surface area contributed by atoms with Crippen molar-refractivity contribution < 1.29 is 0 Å². The summed E-state index contributed by atoms with van der Waals surface area (Å²) in [5, 5.41) is 6.88. The van der Waals surface area contributed by atoms with Crippen molar-refractivity contribution in [1.29, 1.82) is 0 Å². The third-order valence-electron chi connectivity index (χ3n) is 3.67. The summed E-state index contributed by atoms with van der Waals surface area (Å²) in [5.74, 6) is 0.490. The van der Waals surface area contributed by atoms with E-state index in [9.17, 15) is 0 Å². The number of nitrogen functional groups attached to an aromatic ring is 1. The van der Waals surface area contributed by atoms with Gasteiger partial charge >= 0.3 is 0 Å². The second-order valence-electron chi connectivity index (χ2n) is 5.59. The molecule has 3 rings (SSSR count). The van der Waals surface area contributed by atoms with Gasteiger partial charge in [0.15, 0.2) is 5.82 Å². The summed E-state index contributed by atoms with van der Waals surface area (Å²) in [6.45, 7) is 9.02. The Labute approximate surface area is 137 Å². The highest BCUT2D eigenvalue weighted by Gasteiger charge is 2.18. The van der Waals surface area contributed by atoms with E-state index in [1.807, 2.05) is 43.7 Å². The van der Waals surface area contributed by atoms with Crippen LogP contribution in [-0.2, 0) is 13.0 Å². The topological polar surface area (TPSA) is 82.8 Å². The van der Waals surface area contributed by atoms with Gasteiger partial charge < -0.3 is 11.5 Å². The first kappa shape index (κ1) is 17.2. The average Bonchev–Trinajstić information content (AvgIpc) is 2.89. The number of para-hydroxylation sites is 1. The van der Waals surface area contributed by atoms with Crippen molar-refractivity contribution in [3.63, 3.8) is 0 Å². The minimum Gasteiger partial charge on any atom is -0.382 e. The van der Waals surface area contributed by atoms with Crippen LogP contribution >= 0.6 is 0 Å². The number of pyridine rings is 1. The van der Waals surface area contributed by atoms with Crippen molar-refractivity contribution in [1.82, 2.24) is 14.8 Å². The van der Waals surface area contributed by atoms with Crippen molar-refractivity contribution >= 4 is 27.6 Å². The maximum absolute atomic E-state index is 6.11. The summed E-state index contributed by atoms with van der Waals surface area (Å²) >= 11 is 0. The van der Waals surface area contributed by atoms with E-state index in [0.29, 0.717) is 5.82 Å². The van der Waals surface area contributed by atoms with Gasteiger partial charge in [-0.2, -0.15) is 5.10 Å². The molecule has 0 aliphatic rings. The molecule has 0 fully saturated rings. The summed E-state index contributed by atoms with van der Waals surface area (Å²) in [6.07, 6.45) is 1.80. The number of nitrogens with zero attached hydrogens (tertiary/aromatic N) is 3. The third-order valence-corrected chi connectivity index (χ3v) is 3.67. The van der Waals surface area contributed by atoms with Gasteiger partial charge in [-0.3, -0.25) is 4.68 Å². The van der Waals surface area contributed by atoms with Crippen LogP contribution in [0.3, 0.4) is 0 Å². The zero-order valence-electron chi connectivity index (χ0n) is 14.5. The summed E-state index contributed by atoms with van der Waals surface area (Å²) < 4.78 is 2.04. The number of hydrogen-bond acceptors (Lipinski definition) is 4. The molecule has 1 aromatic carbocycles. The quantitative estimate of drug-likeness (QED) is 0.772. The van der Waals surface area contributed by atoms with E-state index in [4.69, 9.17) is 11.5 Å². The number of aryl methyl sites for hydroxylation is 1. The fraction of sp³-hybridized carbons (Fsp3) is 0.444. The lowest BCUT2D eigenvalue weighted by Gasteiger charge is -2.10. The molecule has 0 spiro atoms. The Kier molecular flexibility index (Phi) is 5.55. The van der Waals surface area contributed by atoms with E-state index in [1.165, 1.54) is 0 Å². The Hall–Kier alpha value is -2.14. The molecule has 0 radical (unpaired) electrons. The van der Waals surface area contributed by atoms with Crippen LogP contribution in [0.5, 0.6) is 0 Å². The lowest BCUT2D eigenvalue weighted by Crippen LogP contribution is -2.20. The van der Waals surface area contributed by atoms with Crippen molar-refractivity contribution in [2.24, 2.45) is 5.73 Å². The first-order chi connectivity index (χ1) is 11.1. The van der Waals surface area contributed by atoms with Gasteiger partial charge in [0.25, 0.3) is 0 Å². The minimum atomic E-state index is 0.0775. The predicted molar refractivity (Wildman–Crippen MR) is 98.4 cm³/mol. The molecule has 2 aromatic heterocycles. The second-order valence-corrected chi connectivity index (χ2v) is 5.59. The number of anilines is 1. The van der Waals surface area contributed by atoms with E-state index in [-0.39, 0.29) is 6.04 Å². The standard InChI is InChI=1S/C16H21N5.C2H6/c1-3-8-21-13(9-10(2)17)14-11-6-4-5-7-12(11)19-16(18)15(14)20-21;1-2/h4-7,10H,3,8-9,17H2,1-2H3,(H2,18,19);1-2H3. The largest absolute Gasteiger partial charge is 0.382 e. The number of nitrogens with two attached hydrogens (primary N) is 2. The molecule has 0 saturated carbocycles. The van der Waals surface area contributed by atoms with Crippen LogP contribution in [-0.4, -0.2) is 20.8 Å². The highest BCUT2D eigenvalue weighted by atomic mass is 15.3. The van der Waals surface area contributed by atoms with Gasteiger partial charge in [-0.1, -0.05) is 39.0 Å². The molecule has 1 atom stereocenters. The fourth-order valence-electron chi connectivity index (χ4n) is 2.83. The zero-order valence-corrected chi connectivity index (χ0v) is 14.5. The van der Waals surface area contributed by atoms with Gasteiger partial charge in [0.05, 0.1) is 5.52 Å². The molecule has 0 bridgehead atoms. The Morgan fingerprint density at radius 2 is 1.91 bits per heavy atom.